The Bertz CT molecular complexity index is 457. The van der Waals surface area contributed by atoms with Gasteiger partial charge in [0.05, 0.1) is 11.3 Å². The highest BCUT2D eigenvalue weighted by Crippen LogP contribution is 2.28. The van der Waals surface area contributed by atoms with E-state index in [4.69, 9.17) is 9.84 Å². The summed E-state index contributed by atoms with van der Waals surface area (Å²) in [5, 5.41) is 9.01. The third kappa shape index (κ3) is 3.32. The van der Waals surface area contributed by atoms with Gasteiger partial charge in [0.15, 0.2) is 0 Å². The van der Waals surface area contributed by atoms with Crippen LogP contribution in [-0.2, 0) is 9.59 Å². The standard InChI is InChI=1S/C14H18O4/c1-9(12(15)16)10-7-5-6-8-11(10)18-13(17)14(2,3)4/h5-9H,1-4H3,(H,15,16). The number of hydrogen-bond donors (Lipinski definition) is 1. The number of aliphatic carboxylic acids is 1. The van der Waals surface area contributed by atoms with E-state index in [-0.39, 0.29) is 5.97 Å². The van der Waals surface area contributed by atoms with Crippen LogP contribution in [0.4, 0.5) is 0 Å². The Morgan fingerprint density at radius 2 is 1.78 bits per heavy atom. The van der Waals surface area contributed by atoms with Gasteiger partial charge in [0, 0.05) is 5.56 Å². The molecule has 0 aliphatic rings. The van der Waals surface area contributed by atoms with E-state index in [0.29, 0.717) is 11.3 Å². The van der Waals surface area contributed by atoms with E-state index in [1.54, 1.807) is 52.0 Å². The van der Waals surface area contributed by atoms with Crippen molar-refractivity contribution in [2.75, 3.05) is 0 Å². The van der Waals surface area contributed by atoms with Gasteiger partial charge in [0.1, 0.15) is 5.75 Å². The number of rotatable bonds is 3. The first-order chi connectivity index (χ1) is 8.23. The Balaban J connectivity index is 3.04. The predicted octanol–water partition coefficient (Wildman–Crippen LogP) is 2.83. The molecule has 0 bridgehead atoms. The Labute approximate surface area is 107 Å². The lowest BCUT2D eigenvalue weighted by Crippen LogP contribution is -2.26. The molecule has 0 spiro atoms. The number of para-hydroxylation sites is 1. The number of hydrogen-bond acceptors (Lipinski definition) is 3. The minimum atomic E-state index is -0.950. The third-order valence-electron chi connectivity index (χ3n) is 2.57. The van der Waals surface area contributed by atoms with Crippen molar-refractivity contribution in [3.8, 4) is 5.75 Å². The molecule has 1 atom stereocenters. The van der Waals surface area contributed by atoms with Gasteiger partial charge in [-0.25, -0.2) is 0 Å². The summed E-state index contributed by atoms with van der Waals surface area (Å²) >= 11 is 0. The summed E-state index contributed by atoms with van der Waals surface area (Å²) in [4.78, 5) is 22.8. The quantitative estimate of drug-likeness (QED) is 0.661. The van der Waals surface area contributed by atoms with E-state index in [0.717, 1.165) is 0 Å². The fourth-order valence-electron chi connectivity index (χ4n) is 1.32. The average molecular weight is 250 g/mol. The Hall–Kier alpha value is -1.84. The van der Waals surface area contributed by atoms with Gasteiger partial charge in [0.2, 0.25) is 0 Å². The zero-order valence-corrected chi connectivity index (χ0v) is 11.1. The maximum atomic E-state index is 11.8. The lowest BCUT2D eigenvalue weighted by molar-refractivity contribution is -0.143. The zero-order chi connectivity index (χ0) is 13.9. The van der Waals surface area contributed by atoms with Crippen LogP contribution in [0.25, 0.3) is 0 Å². The van der Waals surface area contributed by atoms with Gasteiger partial charge in [0.25, 0.3) is 0 Å². The minimum Gasteiger partial charge on any atom is -0.481 e. The molecule has 0 heterocycles. The van der Waals surface area contributed by atoms with Gasteiger partial charge in [-0.05, 0) is 33.8 Å². The number of ether oxygens (including phenoxy) is 1. The third-order valence-corrected chi connectivity index (χ3v) is 2.57. The number of carboxylic acid groups (broad SMARTS) is 1. The SMILES string of the molecule is CC(C(=O)O)c1ccccc1OC(=O)C(C)(C)C. The molecule has 4 nitrogen and oxygen atoms in total. The van der Waals surface area contributed by atoms with Crippen molar-refractivity contribution in [1.29, 1.82) is 0 Å². The molecule has 0 amide bonds. The van der Waals surface area contributed by atoms with E-state index >= 15 is 0 Å². The molecule has 18 heavy (non-hydrogen) atoms. The highest BCUT2D eigenvalue weighted by atomic mass is 16.5. The Morgan fingerprint density at radius 1 is 1.22 bits per heavy atom. The van der Waals surface area contributed by atoms with Crippen LogP contribution in [0.2, 0.25) is 0 Å². The topological polar surface area (TPSA) is 63.6 Å². The van der Waals surface area contributed by atoms with Gasteiger partial charge in [-0.15, -0.1) is 0 Å². The van der Waals surface area contributed by atoms with Crippen molar-refractivity contribution in [1.82, 2.24) is 0 Å². The van der Waals surface area contributed by atoms with Gasteiger partial charge in [-0.2, -0.15) is 0 Å². The summed E-state index contributed by atoms with van der Waals surface area (Å²) < 4.78 is 5.28. The van der Waals surface area contributed by atoms with Crippen LogP contribution in [0.1, 0.15) is 39.2 Å². The van der Waals surface area contributed by atoms with Gasteiger partial charge in [-0.1, -0.05) is 18.2 Å². The van der Waals surface area contributed by atoms with Gasteiger partial charge in [-0.3, -0.25) is 9.59 Å². The van der Waals surface area contributed by atoms with E-state index in [1.165, 1.54) is 0 Å². The molecule has 0 aliphatic carbocycles. The molecule has 0 aromatic heterocycles. The first-order valence-electron chi connectivity index (χ1n) is 5.77. The molecule has 1 N–H and O–H groups in total. The van der Waals surface area contributed by atoms with Crippen LogP contribution in [0.3, 0.4) is 0 Å². The molecule has 0 fully saturated rings. The van der Waals surface area contributed by atoms with Crippen molar-refractivity contribution in [2.45, 2.75) is 33.6 Å². The number of esters is 1. The van der Waals surface area contributed by atoms with E-state index in [1.807, 2.05) is 0 Å². The maximum Gasteiger partial charge on any atom is 0.316 e. The highest BCUT2D eigenvalue weighted by molar-refractivity contribution is 5.80. The molecule has 0 radical (unpaired) electrons. The molecule has 1 unspecified atom stereocenters. The molecule has 1 aromatic rings. The molecule has 0 aliphatic heterocycles. The first-order valence-corrected chi connectivity index (χ1v) is 5.77. The van der Waals surface area contributed by atoms with Crippen LogP contribution < -0.4 is 4.74 Å². The summed E-state index contributed by atoms with van der Waals surface area (Å²) in [6.07, 6.45) is 0. The second-order valence-electron chi connectivity index (χ2n) is 5.24. The fraction of sp³-hybridized carbons (Fsp3) is 0.429. The summed E-state index contributed by atoms with van der Waals surface area (Å²) in [6.45, 7) is 6.81. The molecular formula is C14H18O4. The van der Waals surface area contributed by atoms with Crippen LogP contribution in [0, 0.1) is 5.41 Å². The molecule has 1 aromatic carbocycles. The first kappa shape index (κ1) is 14.2. The van der Waals surface area contributed by atoms with E-state index in [2.05, 4.69) is 0 Å². The molecular weight excluding hydrogens is 232 g/mol. The van der Waals surface area contributed by atoms with E-state index < -0.39 is 17.3 Å². The largest absolute Gasteiger partial charge is 0.481 e. The summed E-state index contributed by atoms with van der Waals surface area (Å²) in [5.41, 5.74) is -0.123. The zero-order valence-electron chi connectivity index (χ0n) is 11.1. The molecule has 1 rings (SSSR count). The monoisotopic (exact) mass is 250 g/mol. The Morgan fingerprint density at radius 3 is 2.28 bits per heavy atom. The van der Waals surface area contributed by atoms with Gasteiger partial charge >= 0.3 is 11.9 Å². The maximum absolute atomic E-state index is 11.8. The van der Waals surface area contributed by atoms with Crippen LogP contribution in [-0.4, -0.2) is 17.0 Å². The molecule has 98 valence electrons. The van der Waals surface area contributed by atoms with Crippen molar-refractivity contribution >= 4 is 11.9 Å². The summed E-state index contributed by atoms with van der Waals surface area (Å²) in [7, 11) is 0. The van der Waals surface area contributed by atoms with Crippen molar-refractivity contribution < 1.29 is 19.4 Å². The lowest BCUT2D eigenvalue weighted by Gasteiger charge is -2.19. The number of benzene rings is 1. The Kier molecular flexibility index (Phi) is 4.11. The normalized spacial score (nSPS) is 12.9. The highest BCUT2D eigenvalue weighted by Gasteiger charge is 2.26. The summed E-state index contributed by atoms with van der Waals surface area (Å²) in [5.74, 6) is -1.73. The van der Waals surface area contributed by atoms with Gasteiger partial charge < -0.3 is 9.84 Å². The van der Waals surface area contributed by atoms with E-state index in [9.17, 15) is 9.59 Å². The van der Waals surface area contributed by atoms with Crippen LogP contribution >= 0.6 is 0 Å². The lowest BCUT2D eigenvalue weighted by atomic mass is 9.97. The number of carboxylic acids is 1. The van der Waals surface area contributed by atoms with Crippen LogP contribution in [0.15, 0.2) is 24.3 Å². The molecule has 0 saturated carbocycles. The van der Waals surface area contributed by atoms with Crippen molar-refractivity contribution in [3.63, 3.8) is 0 Å². The minimum absolute atomic E-state index is 0.312. The number of carbonyl (C=O) groups excluding carboxylic acids is 1. The summed E-state index contributed by atoms with van der Waals surface area (Å²) in [6, 6.07) is 6.70. The fourth-order valence-corrected chi connectivity index (χ4v) is 1.32. The van der Waals surface area contributed by atoms with Crippen molar-refractivity contribution in [2.24, 2.45) is 5.41 Å². The van der Waals surface area contributed by atoms with Crippen LogP contribution in [0.5, 0.6) is 5.75 Å². The van der Waals surface area contributed by atoms with Crippen molar-refractivity contribution in [3.05, 3.63) is 29.8 Å². The smallest absolute Gasteiger partial charge is 0.316 e. The predicted molar refractivity (Wildman–Crippen MR) is 67.6 cm³/mol. The average Bonchev–Trinajstić information content (AvgIpc) is 2.27. The molecule has 0 saturated heterocycles. The second kappa shape index (κ2) is 5.21. The molecule has 4 heteroatoms. The second-order valence-corrected chi connectivity index (χ2v) is 5.24. The number of carbonyl (C=O) groups is 2.